The quantitative estimate of drug-likeness (QED) is 0.170. The van der Waals surface area contributed by atoms with Crippen LogP contribution < -0.4 is 0 Å². The average Bonchev–Trinajstić information content (AvgIpc) is 3.85. The van der Waals surface area contributed by atoms with E-state index < -0.39 is 0 Å². The van der Waals surface area contributed by atoms with Crippen molar-refractivity contribution in [3.8, 4) is 45.3 Å². The minimum Gasteiger partial charge on any atom is -0.455 e. The molecule has 12 rings (SSSR count). The molecule has 0 aliphatic carbocycles. The van der Waals surface area contributed by atoms with Gasteiger partial charge in [0.25, 0.3) is 0 Å². The second kappa shape index (κ2) is 11.9. The second-order valence-electron chi connectivity index (χ2n) is 14.3. The SMILES string of the molecule is c1ccc(-c2nc(-c3cccc4c3oc3ccccc34)nc(-c3cccc4c3oc3ccc(-c5ccc6c7ccccc7c7ccccc7c6c5)cc34)n2)cc1. The summed E-state index contributed by atoms with van der Waals surface area (Å²) in [6, 6.07) is 61.1. The molecule has 0 aliphatic heterocycles. The van der Waals surface area contributed by atoms with Crippen LogP contribution in [0.5, 0.6) is 0 Å². The molecule has 0 aliphatic rings. The molecule has 0 amide bonds. The molecule has 260 valence electrons. The van der Waals surface area contributed by atoms with Crippen LogP contribution in [0.4, 0.5) is 0 Å². The van der Waals surface area contributed by atoms with Crippen LogP contribution in [-0.2, 0) is 0 Å². The van der Waals surface area contributed by atoms with E-state index in [2.05, 4.69) is 109 Å². The van der Waals surface area contributed by atoms with E-state index in [4.69, 9.17) is 23.8 Å². The van der Waals surface area contributed by atoms with Crippen LogP contribution in [0.3, 0.4) is 0 Å². The summed E-state index contributed by atoms with van der Waals surface area (Å²) in [4.78, 5) is 15.2. The predicted octanol–water partition coefficient (Wildman–Crippen LogP) is 13.8. The van der Waals surface area contributed by atoms with E-state index in [9.17, 15) is 0 Å². The van der Waals surface area contributed by atoms with Crippen LogP contribution in [0.1, 0.15) is 0 Å². The number of benzene rings is 9. The van der Waals surface area contributed by atoms with Gasteiger partial charge in [0, 0.05) is 27.1 Å². The zero-order chi connectivity index (χ0) is 36.7. The summed E-state index contributed by atoms with van der Waals surface area (Å²) in [6.45, 7) is 0. The fourth-order valence-corrected chi connectivity index (χ4v) is 8.50. The third-order valence-electron chi connectivity index (χ3n) is 11.1. The van der Waals surface area contributed by atoms with Gasteiger partial charge < -0.3 is 8.83 Å². The zero-order valence-electron chi connectivity index (χ0n) is 29.9. The summed E-state index contributed by atoms with van der Waals surface area (Å²) in [7, 11) is 0. The van der Waals surface area contributed by atoms with Gasteiger partial charge in [0.05, 0.1) is 11.1 Å². The molecule has 0 saturated heterocycles. The second-order valence-corrected chi connectivity index (χ2v) is 14.3. The van der Waals surface area contributed by atoms with Gasteiger partial charge in [-0.1, -0.05) is 140 Å². The third-order valence-corrected chi connectivity index (χ3v) is 11.1. The molecular weight excluding hydrogens is 687 g/mol. The Morgan fingerprint density at radius 1 is 0.268 bits per heavy atom. The Balaban J connectivity index is 1.04. The molecular formula is C51H29N3O2. The Kier molecular flexibility index (Phi) is 6.56. The van der Waals surface area contributed by atoms with E-state index in [1.54, 1.807) is 0 Å². The number of para-hydroxylation sites is 3. The predicted molar refractivity (Wildman–Crippen MR) is 229 cm³/mol. The number of hydrogen-bond donors (Lipinski definition) is 0. The van der Waals surface area contributed by atoms with Crippen molar-refractivity contribution in [1.29, 1.82) is 0 Å². The Hall–Kier alpha value is -7.63. The van der Waals surface area contributed by atoms with E-state index in [0.29, 0.717) is 17.5 Å². The molecule has 3 heterocycles. The molecule has 0 radical (unpaired) electrons. The molecule has 3 aromatic heterocycles. The van der Waals surface area contributed by atoms with Crippen molar-refractivity contribution in [3.63, 3.8) is 0 Å². The number of fused-ring (bicyclic) bond motifs is 12. The molecule has 12 aromatic rings. The van der Waals surface area contributed by atoms with Gasteiger partial charge in [0.1, 0.15) is 22.3 Å². The summed E-state index contributed by atoms with van der Waals surface area (Å²) in [6.07, 6.45) is 0. The minimum atomic E-state index is 0.528. The Bertz CT molecular complexity index is 3510. The first-order valence-electron chi connectivity index (χ1n) is 18.8. The number of rotatable bonds is 4. The first-order chi connectivity index (χ1) is 27.7. The van der Waals surface area contributed by atoms with Crippen LogP contribution in [0, 0.1) is 0 Å². The molecule has 0 saturated carbocycles. The molecule has 0 unspecified atom stereocenters. The number of nitrogens with zero attached hydrogens (tertiary/aromatic N) is 3. The van der Waals surface area contributed by atoms with Gasteiger partial charge in [-0.25, -0.2) is 15.0 Å². The number of aromatic nitrogens is 3. The Morgan fingerprint density at radius 2 is 0.714 bits per heavy atom. The molecule has 5 nitrogen and oxygen atoms in total. The van der Waals surface area contributed by atoms with Crippen LogP contribution in [0.15, 0.2) is 185 Å². The van der Waals surface area contributed by atoms with Gasteiger partial charge >= 0.3 is 0 Å². The van der Waals surface area contributed by atoms with Gasteiger partial charge in [0.2, 0.25) is 0 Å². The van der Waals surface area contributed by atoms with Crippen molar-refractivity contribution in [1.82, 2.24) is 15.0 Å². The zero-order valence-corrected chi connectivity index (χ0v) is 29.9. The maximum absolute atomic E-state index is 6.69. The fraction of sp³-hybridized carbons (Fsp3) is 0. The lowest BCUT2D eigenvalue weighted by atomic mass is 9.92. The van der Waals surface area contributed by atoms with Crippen LogP contribution in [-0.4, -0.2) is 15.0 Å². The van der Waals surface area contributed by atoms with E-state index >= 15 is 0 Å². The van der Waals surface area contributed by atoms with Crippen molar-refractivity contribution >= 4 is 76.2 Å². The highest BCUT2D eigenvalue weighted by atomic mass is 16.3. The van der Waals surface area contributed by atoms with Gasteiger partial charge in [-0.2, -0.15) is 0 Å². The van der Waals surface area contributed by atoms with Crippen molar-refractivity contribution in [2.75, 3.05) is 0 Å². The summed E-state index contributed by atoms with van der Waals surface area (Å²) in [5.41, 5.74) is 7.87. The summed E-state index contributed by atoms with van der Waals surface area (Å²) in [5, 5.41) is 11.7. The topological polar surface area (TPSA) is 65.0 Å². The molecule has 0 spiro atoms. The maximum atomic E-state index is 6.69. The van der Waals surface area contributed by atoms with Crippen LogP contribution in [0.25, 0.3) is 121 Å². The lowest BCUT2D eigenvalue weighted by molar-refractivity contribution is 0.669. The molecule has 0 atom stereocenters. The van der Waals surface area contributed by atoms with Crippen molar-refractivity contribution < 1.29 is 8.83 Å². The number of furan rings is 2. The van der Waals surface area contributed by atoms with Gasteiger partial charge in [-0.15, -0.1) is 0 Å². The van der Waals surface area contributed by atoms with E-state index in [0.717, 1.165) is 71.7 Å². The molecule has 0 N–H and O–H groups in total. The van der Waals surface area contributed by atoms with E-state index in [1.807, 2.05) is 66.7 Å². The van der Waals surface area contributed by atoms with E-state index in [1.165, 1.54) is 32.3 Å². The molecule has 0 bridgehead atoms. The van der Waals surface area contributed by atoms with Gasteiger partial charge in [-0.3, -0.25) is 0 Å². The average molecular weight is 716 g/mol. The third kappa shape index (κ3) is 4.64. The van der Waals surface area contributed by atoms with E-state index in [-0.39, 0.29) is 0 Å². The highest BCUT2D eigenvalue weighted by Crippen LogP contribution is 2.41. The maximum Gasteiger partial charge on any atom is 0.167 e. The standard InChI is InChI=1S/C51H29N3O2/c1-2-12-30(13-3-1)49-52-50(41-21-10-19-39-38-18-8-9-23-45(38)55-47(39)41)54-51(53-49)42-22-11-20-40-44-29-32(25-27-46(44)56-48(40)42)31-24-26-37-35-16-5-4-14-33(35)34-15-6-7-17-36(34)43(37)28-31/h1-29H. The van der Waals surface area contributed by atoms with Gasteiger partial charge in [-0.05, 0) is 79.8 Å². The first kappa shape index (κ1) is 30.8. The normalized spacial score (nSPS) is 11.9. The smallest absolute Gasteiger partial charge is 0.167 e. The molecule has 9 aromatic carbocycles. The molecule has 0 fully saturated rings. The summed E-state index contributed by atoms with van der Waals surface area (Å²) in [5.74, 6) is 1.64. The number of hydrogen-bond acceptors (Lipinski definition) is 5. The Morgan fingerprint density at radius 3 is 1.36 bits per heavy atom. The monoisotopic (exact) mass is 715 g/mol. The minimum absolute atomic E-state index is 0.528. The van der Waals surface area contributed by atoms with Crippen molar-refractivity contribution in [3.05, 3.63) is 176 Å². The Labute approximate surface area is 320 Å². The summed E-state index contributed by atoms with van der Waals surface area (Å²) < 4.78 is 13.1. The molecule has 56 heavy (non-hydrogen) atoms. The van der Waals surface area contributed by atoms with Gasteiger partial charge in [0.15, 0.2) is 17.5 Å². The lowest BCUT2D eigenvalue weighted by Crippen LogP contribution is -2.00. The largest absolute Gasteiger partial charge is 0.455 e. The molecule has 5 heteroatoms. The highest BCUT2D eigenvalue weighted by Gasteiger charge is 2.21. The lowest BCUT2D eigenvalue weighted by Gasteiger charge is -2.12. The van der Waals surface area contributed by atoms with Crippen LogP contribution >= 0.6 is 0 Å². The summed E-state index contributed by atoms with van der Waals surface area (Å²) >= 11 is 0. The first-order valence-corrected chi connectivity index (χ1v) is 18.8. The van der Waals surface area contributed by atoms with Crippen molar-refractivity contribution in [2.45, 2.75) is 0 Å². The fourth-order valence-electron chi connectivity index (χ4n) is 8.50. The van der Waals surface area contributed by atoms with Crippen LogP contribution in [0.2, 0.25) is 0 Å². The highest BCUT2D eigenvalue weighted by molar-refractivity contribution is 6.26. The van der Waals surface area contributed by atoms with Crippen molar-refractivity contribution in [2.24, 2.45) is 0 Å².